The molecule has 31 heavy (non-hydrogen) atoms. The van der Waals surface area contributed by atoms with E-state index in [9.17, 15) is 13.2 Å². The Morgan fingerprint density at radius 1 is 1.23 bits per heavy atom. The molecule has 0 saturated carbocycles. The summed E-state index contributed by atoms with van der Waals surface area (Å²) in [6.07, 6.45) is 4.05. The molecule has 1 aliphatic rings. The highest BCUT2D eigenvalue weighted by atomic mass is 32.2. The van der Waals surface area contributed by atoms with Crippen molar-refractivity contribution in [3.05, 3.63) is 47.9 Å². The number of ether oxygens (including phenoxy) is 1. The largest absolute Gasteiger partial charge is 0.470 e. The molecule has 3 rings (SSSR count). The monoisotopic (exact) mass is 443 g/mol. The summed E-state index contributed by atoms with van der Waals surface area (Å²) < 4.78 is 32.5. The number of sulfonamides is 1. The van der Waals surface area contributed by atoms with Crippen molar-refractivity contribution < 1.29 is 17.9 Å². The Morgan fingerprint density at radius 3 is 2.55 bits per heavy atom. The zero-order chi connectivity index (χ0) is 22.4. The van der Waals surface area contributed by atoms with Gasteiger partial charge in [0.2, 0.25) is 15.7 Å². The highest BCUT2D eigenvalue weighted by molar-refractivity contribution is 7.89. The van der Waals surface area contributed by atoms with Crippen LogP contribution in [0.5, 0.6) is 5.88 Å². The van der Waals surface area contributed by atoms with E-state index >= 15 is 0 Å². The first kappa shape index (κ1) is 22.7. The van der Waals surface area contributed by atoms with Gasteiger partial charge >= 0.3 is 0 Å². The van der Waals surface area contributed by atoms with Crippen LogP contribution in [0.4, 0.5) is 0 Å². The highest BCUT2D eigenvalue weighted by Gasteiger charge is 2.27. The third-order valence-corrected chi connectivity index (χ3v) is 7.22. The summed E-state index contributed by atoms with van der Waals surface area (Å²) in [6, 6.07) is 7.97. The zero-order valence-electron chi connectivity index (χ0n) is 17.6. The average molecular weight is 444 g/mol. The quantitative estimate of drug-likeness (QED) is 0.643. The summed E-state index contributed by atoms with van der Waals surface area (Å²) >= 11 is 0. The molecule has 1 aromatic heterocycles. The number of hydrogen-bond acceptors (Lipinski definition) is 7. The minimum atomic E-state index is -3.57. The molecule has 1 atom stereocenters. The first-order valence-electron chi connectivity index (χ1n) is 10.2. The van der Waals surface area contributed by atoms with Crippen LogP contribution in [0.15, 0.2) is 41.6 Å². The number of likely N-dealkylation sites (tertiary alicyclic amines) is 1. The molecule has 0 bridgehead atoms. The van der Waals surface area contributed by atoms with Crippen molar-refractivity contribution in [2.45, 2.75) is 37.7 Å². The van der Waals surface area contributed by atoms with E-state index in [0.717, 1.165) is 12.8 Å². The molecule has 1 amide bonds. The number of benzene rings is 1. The van der Waals surface area contributed by atoms with Gasteiger partial charge in [0.15, 0.2) is 0 Å². The lowest BCUT2D eigenvalue weighted by Crippen LogP contribution is -2.44. The van der Waals surface area contributed by atoms with Gasteiger partial charge in [-0.15, -0.1) is 0 Å². The first-order valence-corrected chi connectivity index (χ1v) is 11.6. The van der Waals surface area contributed by atoms with Crippen LogP contribution in [-0.4, -0.2) is 65.8 Å². The van der Waals surface area contributed by atoms with E-state index < -0.39 is 10.0 Å². The standard InChI is InChI=1S/C21H25N5O4S/c1-3-26(4-2)31(28,29)18-9-7-16(8-10-18)21(27)25-13-5-6-17(15-25)30-20-19(14-22)23-11-12-24-20/h7-12,17H,3-6,13,15H2,1-2H3. The van der Waals surface area contributed by atoms with Crippen LogP contribution in [0, 0.1) is 11.3 Å². The molecule has 0 N–H and O–H groups in total. The van der Waals surface area contributed by atoms with Crippen LogP contribution in [-0.2, 0) is 10.0 Å². The maximum Gasteiger partial charge on any atom is 0.253 e. The second-order valence-electron chi connectivity index (χ2n) is 7.07. The SMILES string of the molecule is CCN(CC)S(=O)(=O)c1ccc(C(=O)N2CCCC(Oc3nccnc3C#N)C2)cc1. The van der Waals surface area contributed by atoms with E-state index in [1.54, 1.807) is 30.9 Å². The second kappa shape index (κ2) is 9.85. The Hall–Kier alpha value is -3.03. The van der Waals surface area contributed by atoms with Crippen LogP contribution in [0.2, 0.25) is 0 Å². The van der Waals surface area contributed by atoms with Gasteiger partial charge in [0.1, 0.15) is 12.2 Å². The molecule has 2 aromatic rings. The molecule has 1 aliphatic heterocycles. The molecule has 164 valence electrons. The van der Waals surface area contributed by atoms with Gasteiger partial charge in [-0.05, 0) is 37.1 Å². The number of hydrogen-bond donors (Lipinski definition) is 0. The molecule has 0 spiro atoms. The third kappa shape index (κ3) is 5.00. The summed E-state index contributed by atoms with van der Waals surface area (Å²) in [7, 11) is -3.57. The van der Waals surface area contributed by atoms with Crippen molar-refractivity contribution in [3.8, 4) is 11.9 Å². The maximum absolute atomic E-state index is 13.0. The minimum Gasteiger partial charge on any atom is -0.470 e. The Balaban J connectivity index is 1.70. The summed E-state index contributed by atoms with van der Waals surface area (Å²) in [5.74, 6) is -0.0324. The van der Waals surface area contributed by atoms with Gasteiger partial charge in [-0.25, -0.2) is 18.4 Å². The Kier molecular flexibility index (Phi) is 7.20. The van der Waals surface area contributed by atoms with Gasteiger partial charge in [0, 0.05) is 37.6 Å². The summed E-state index contributed by atoms with van der Waals surface area (Å²) in [4.78, 5) is 22.8. The maximum atomic E-state index is 13.0. The van der Waals surface area contributed by atoms with Gasteiger partial charge in [-0.1, -0.05) is 13.8 Å². The second-order valence-corrected chi connectivity index (χ2v) is 9.01. The number of carbonyl (C=O) groups is 1. The lowest BCUT2D eigenvalue weighted by molar-refractivity contribution is 0.0526. The van der Waals surface area contributed by atoms with E-state index in [2.05, 4.69) is 9.97 Å². The van der Waals surface area contributed by atoms with Crippen molar-refractivity contribution in [1.82, 2.24) is 19.2 Å². The molecule has 1 unspecified atom stereocenters. The molecule has 2 heterocycles. The fraction of sp³-hybridized carbons (Fsp3) is 0.429. The number of nitrogens with zero attached hydrogens (tertiary/aromatic N) is 5. The molecular weight excluding hydrogens is 418 g/mol. The first-order chi connectivity index (χ1) is 14.9. The van der Waals surface area contributed by atoms with Gasteiger partial charge in [-0.3, -0.25) is 4.79 Å². The topological polar surface area (TPSA) is 116 Å². The number of carbonyl (C=O) groups excluding carboxylic acids is 1. The Labute approximate surface area is 182 Å². The van der Waals surface area contributed by atoms with Crippen LogP contribution >= 0.6 is 0 Å². The van der Waals surface area contributed by atoms with E-state index in [1.165, 1.54) is 28.8 Å². The molecular formula is C21H25N5O4S. The predicted molar refractivity (Wildman–Crippen MR) is 113 cm³/mol. The number of rotatable bonds is 7. The highest BCUT2D eigenvalue weighted by Crippen LogP contribution is 2.21. The molecule has 0 aliphatic carbocycles. The molecule has 1 saturated heterocycles. The number of aromatic nitrogens is 2. The van der Waals surface area contributed by atoms with Gasteiger partial charge in [0.05, 0.1) is 11.4 Å². The van der Waals surface area contributed by atoms with Crippen molar-refractivity contribution in [2.75, 3.05) is 26.2 Å². The molecule has 1 aromatic carbocycles. The van der Waals surface area contributed by atoms with Gasteiger partial charge in [0.25, 0.3) is 11.8 Å². The summed E-state index contributed by atoms with van der Waals surface area (Å²) in [5, 5.41) is 9.14. The lowest BCUT2D eigenvalue weighted by Gasteiger charge is -2.32. The molecule has 10 heteroatoms. The average Bonchev–Trinajstić information content (AvgIpc) is 2.80. The number of amides is 1. The third-order valence-electron chi connectivity index (χ3n) is 5.16. The van der Waals surface area contributed by atoms with E-state index in [1.807, 2.05) is 6.07 Å². The fourth-order valence-corrected chi connectivity index (χ4v) is 4.99. The number of piperidine rings is 1. The Bertz CT molecular complexity index is 1060. The Morgan fingerprint density at radius 2 is 1.90 bits per heavy atom. The van der Waals surface area contributed by atoms with Gasteiger partial charge < -0.3 is 9.64 Å². The van der Waals surface area contributed by atoms with Crippen molar-refractivity contribution >= 4 is 15.9 Å². The van der Waals surface area contributed by atoms with Crippen LogP contribution in [0.3, 0.4) is 0 Å². The van der Waals surface area contributed by atoms with Crippen molar-refractivity contribution in [2.24, 2.45) is 0 Å². The predicted octanol–water partition coefficient (Wildman–Crippen LogP) is 2.06. The van der Waals surface area contributed by atoms with E-state index in [4.69, 9.17) is 10.00 Å². The zero-order valence-corrected chi connectivity index (χ0v) is 18.4. The summed E-state index contributed by atoms with van der Waals surface area (Å²) in [6.45, 7) is 5.26. The number of nitriles is 1. The molecule has 0 radical (unpaired) electrons. The summed E-state index contributed by atoms with van der Waals surface area (Å²) in [5.41, 5.74) is 0.521. The van der Waals surface area contributed by atoms with Gasteiger partial charge in [-0.2, -0.15) is 9.57 Å². The van der Waals surface area contributed by atoms with Crippen LogP contribution in [0.25, 0.3) is 0 Å². The van der Waals surface area contributed by atoms with Crippen molar-refractivity contribution in [1.29, 1.82) is 5.26 Å². The van der Waals surface area contributed by atoms with E-state index in [-0.39, 0.29) is 28.5 Å². The minimum absolute atomic E-state index is 0.107. The molecule has 1 fully saturated rings. The smallest absolute Gasteiger partial charge is 0.253 e. The lowest BCUT2D eigenvalue weighted by atomic mass is 10.1. The van der Waals surface area contributed by atoms with E-state index in [0.29, 0.717) is 31.7 Å². The van der Waals surface area contributed by atoms with Crippen LogP contribution < -0.4 is 4.74 Å². The normalized spacial score (nSPS) is 16.7. The van der Waals surface area contributed by atoms with Crippen LogP contribution in [0.1, 0.15) is 42.7 Å². The molecule has 9 nitrogen and oxygen atoms in total. The fourth-order valence-electron chi connectivity index (χ4n) is 3.53. The van der Waals surface area contributed by atoms with Crippen molar-refractivity contribution in [3.63, 3.8) is 0 Å².